The van der Waals surface area contributed by atoms with Crippen molar-refractivity contribution in [2.24, 2.45) is 0 Å². The summed E-state index contributed by atoms with van der Waals surface area (Å²) in [6.07, 6.45) is 9.29. The van der Waals surface area contributed by atoms with Crippen molar-refractivity contribution < 1.29 is 14.3 Å². The van der Waals surface area contributed by atoms with Gasteiger partial charge in [0.1, 0.15) is 0 Å². The molecule has 1 atom stereocenters. The number of aryl methyl sites for hydroxylation is 1. The number of rotatable bonds is 6. The maximum Gasteiger partial charge on any atom is 0.331 e. The number of carbonyl (C=O) groups excluding carboxylic acids is 2. The monoisotopic (exact) mass is 404 g/mol. The predicted octanol–water partition coefficient (Wildman–Crippen LogP) is 4.82. The average Bonchev–Trinajstić information content (AvgIpc) is 3.33. The van der Waals surface area contributed by atoms with Crippen molar-refractivity contribution in [1.29, 1.82) is 0 Å². The Morgan fingerprint density at radius 3 is 2.70 bits per heavy atom. The Hall–Kier alpha value is -1.99. The van der Waals surface area contributed by atoms with Crippen LogP contribution in [0.2, 0.25) is 0 Å². The third kappa shape index (κ3) is 5.26. The maximum atomic E-state index is 13.0. The molecule has 0 bridgehead atoms. The van der Waals surface area contributed by atoms with Crippen LogP contribution in [0.25, 0.3) is 6.08 Å². The van der Waals surface area contributed by atoms with Gasteiger partial charge < -0.3 is 4.74 Å². The van der Waals surface area contributed by atoms with E-state index in [1.807, 2.05) is 24.4 Å². The second kappa shape index (κ2) is 9.28. The highest BCUT2D eigenvalue weighted by molar-refractivity contribution is 7.13. The summed E-state index contributed by atoms with van der Waals surface area (Å²) in [7, 11) is 0. The van der Waals surface area contributed by atoms with Gasteiger partial charge in [-0.3, -0.25) is 9.69 Å². The van der Waals surface area contributed by atoms with Crippen LogP contribution in [0.15, 0.2) is 29.8 Å². The molecule has 1 unspecified atom stereocenters. The van der Waals surface area contributed by atoms with Crippen molar-refractivity contribution >= 4 is 45.8 Å². The molecule has 2 aromatic heterocycles. The minimum Gasteiger partial charge on any atom is -0.449 e. The molecular formula is C20H24N2O3S2. The van der Waals surface area contributed by atoms with Gasteiger partial charge in [0.05, 0.1) is 0 Å². The summed E-state index contributed by atoms with van der Waals surface area (Å²) >= 11 is 3.04. The standard InChI is InChI=1S/C20H24N2O3S2/c1-14-8-9-17(27-14)10-11-18(23)25-15(2)19(24)22(20-21-12-13-26-20)16-6-4-3-5-7-16/h8-13,15-16H,3-7H2,1-2H3/b11-10+. The van der Waals surface area contributed by atoms with Crippen molar-refractivity contribution in [3.05, 3.63) is 39.5 Å². The summed E-state index contributed by atoms with van der Waals surface area (Å²) in [6, 6.07) is 4.08. The zero-order valence-electron chi connectivity index (χ0n) is 15.6. The fourth-order valence-corrected chi connectivity index (χ4v) is 4.76. The Labute approximate surface area is 167 Å². The molecule has 144 valence electrons. The molecule has 7 heteroatoms. The van der Waals surface area contributed by atoms with Gasteiger partial charge in [-0.15, -0.1) is 22.7 Å². The van der Waals surface area contributed by atoms with Gasteiger partial charge in [-0.2, -0.15) is 0 Å². The number of anilines is 1. The molecule has 3 rings (SSSR count). The molecule has 0 radical (unpaired) electrons. The van der Waals surface area contributed by atoms with E-state index in [1.165, 1.54) is 28.7 Å². The van der Waals surface area contributed by atoms with Crippen LogP contribution in [0.3, 0.4) is 0 Å². The highest BCUT2D eigenvalue weighted by atomic mass is 32.1. The highest BCUT2D eigenvalue weighted by Gasteiger charge is 2.32. The van der Waals surface area contributed by atoms with Crippen molar-refractivity contribution in [3.8, 4) is 0 Å². The lowest BCUT2D eigenvalue weighted by Crippen LogP contribution is -2.47. The van der Waals surface area contributed by atoms with Crippen molar-refractivity contribution in [1.82, 2.24) is 4.98 Å². The summed E-state index contributed by atoms with van der Waals surface area (Å²) in [6.45, 7) is 3.65. The molecule has 0 saturated heterocycles. The van der Waals surface area contributed by atoms with Gasteiger partial charge in [0, 0.05) is 33.4 Å². The number of esters is 1. The van der Waals surface area contributed by atoms with Crippen LogP contribution in [0.1, 0.15) is 48.8 Å². The van der Waals surface area contributed by atoms with Crippen molar-refractivity contribution in [3.63, 3.8) is 0 Å². The van der Waals surface area contributed by atoms with Crippen LogP contribution in [0.5, 0.6) is 0 Å². The molecule has 1 fully saturated rings. The minimum atomic E-state index is -0.849. The fourth-order valence-electron chi connectivity index (χ4n) is 3.26. The van der Waals surface area contributed by atoms with E-state index >= 15 is 0 Å². The second-order valence-corrected chi connectivity index (χ2v) is 8.87. The lowest BCUT2D eigenvalue weighted by atomic mass is 9.94. The van der Waals surface area contributed by atoms with Gasteiger partial charge in [-0.1, -0.05) is 19.3 Å². The molecule has 0 N–H and O–H groups in total. The lowest BCUT2D eigenvalue weighted by Gasteiger charge is -2.33. The molecule has 2 aromatic rings. The Morgan fingerprint density at radius 1 is 1.30 bits per heavy atom. The zero-order valence-corrected chi connectivity index (χ0v) is 17.2. The third-order valence-electron chi connectivity index (χ3n) is 4.59. The Bertz CT molecular complexity index is 792. The number of hydrogen-bond donors (Lipinski definition) is 0. The zero-order chi connectivity index (χ0) is 19.2. The topological polar surface area (TPSA) is 59.5 Å². The van der Waals surface area contributed by atoms with Crippen LogP contribution in [0.4, 0.5) is 5.13 Å². The summed E-state index contributed by atoms with van der Waals surface area (Å²) in [5.41, 5.74) is 0. The van der Waals surface area contributed by atoms with Gasteiger partial charge in [0.25, 0.3) is 5.91 Å². The number of aromatic nitrogens is 1. The normalized spacial score (nSPS) is 16.4. The average molecular weight is 405 g/mol. The molecule has 27 heavy (non-hydrogen) atoms. The molecule has 1 saturated carbocycles. The SMILES string of the molecule is Cc1ccc(/C=C/C(=O)OC(C)C(=O)N(c2nccs2)C2CCCCC2)s1. The van der Waals surface area contributed by atoms with E-state index in [1.54, 1.807) is 35.4 Å². The maximum absolute atomic E-state index is 13.0. The highest BCUT2D eigenvalue weighted by Crippen LogP contribution is 2.29. The quantitative estimate of drug-likeness (QED) is 0.511. The number of thiazole rings is 1. The number of thiophene rings is 1. The first-order chi connectivity index (χ1) is 13.0. The number of carbonyl (C=O) groups is 2. The van der Waals surface area contributed by atoms with Gasteiger partial charge in [-0.05, 0) is 44.9 Å². The van der Waals surface area contributed by atoms with E-state index in [2.05, 4.69) is 4.98 Å². The molecule has 0 spiro atoms. The summed E-state index contributed by atoms with van der Waals surface area (Å²) in [5, 5.41) is 2.54. The van der Waals surface area contributed by atoms with E-state index in [4.69, 9.17) is 4.74 Å². The largest absolute Gasteiger partial charge is 0.449 e. The number of amides is 1. The van der Waals surface area contributed by atoms with E-state index in [0.717, 1.165) is 30.6 Å². The van der Waals surface area contributed by atoms with Crippen molar-refractivity contribution in [2.45, 2.75) is 58.1 Å². The number of nitrogens with zero attached hydrogens (tertiary/aromatic N) is 2. The third-order valence-corrected chi connectivity index (χ3v) is 6.32. The lowest BCUT2D eigenvalue weighted by molar-refractivity contribution is -0.149. The van der Waals surface area contributed by atoms with Gasteiger partial charge in [-0.25, -0.2) is 9.78 Å². The first-order valence-corrected chi connectivity index (χ1v) is 10.9. The predicted molar refractivity (Wildman–Crippen MR) is 110 cm³/mol. The van der Waals surface area contributed by atoms with E-state index in [0.29, 0.717) is 5.13 Å². The molecule has 5 nitrogen and oxygen atoms in total. The molecular weight excluding hydrogens is 380 g/mol. The smallest absolute Gasteiger partial charge is 0.331 e. The van der Waals surface area contributed by atoms with Crippen molar-refractivity contribution in [2.75, 3.05) is 4.90 Å². The molecule has 1 aliphatic carbocycles. The Morgan fingerprint density at radius 2 is 2.07 bits per heavy atom. The van der Waals surface area contributed by atoms with E-state index in [-0.39, 0.29) is 11.9 Å². The van der Waals surface area contributed by atoms with Crippen LogP contribution < -0.4 is 4.90 Å². The summed E-state index contributed by atoms with van der Waals surface area (Å²) < 4.78 is 5.38. The van der Waals surface area contributed by atoms with Crippen LogP contribution in [-0.4, -0.2) is 29.0 Å². The fraction of sp³-hybridized carbons (Fsp3) is 0.450. The molecule has 2 heterocycles. The Balaban J connectivity index is 1.65. The second-order valence-electron chi connectivity index (χ2n) is 6.68. The van der Waals surface area contributed by atoms with E-state index < -0.39 is 12.1 Å². The van der Waals surface area contributed by atoms with Crippen LogP contribution in [0, 0.1) is 6.92 Å². The molecule has 1 amide bonds. The summed E-state index contributed by atoms with van der Waals surface area (Å²) in [4.78, 5) is 33.4. The van der Waals surface area contributed by atoms with Crippen LogP contribution >= 0.6 is 22.7 Å². The molecule has 0 aliphatic heterocycles. The Kier molecular flexibility index (Phi) is 6.79. The summed E-state index contributed by atoms with van der Waals surface area (Å²) in [5.74, 6) is -0.713. The molecule has 0 aromatic carbocycles. The van der Waals surface area contributed by atoms with E-state index in [9.17, 15) is 9.59 Å². The van der Waals surface area contributed by atoms with Gasteiger partial charge in [0.2, 0.25) is 0 Å². The van der Waals surface area contributed by atoms with Gasteiger partial charge in [0.15, 0.2) is 11.2 Å². The van der Waals surface area contributed by atoms with Gasteiger partial charge >= 0.3 is 5.97 Å². The minimum absolute atomic E-state index is 0.128. The van der Waals surface area contributed by atoms with Crippen LogP contribution in [-0.2, 0) is 14.3 Å². The number of hydrogen-bond acceptors (Lipinski definition) is 6. The first kappa shape index (κ1) is 19.8. The first-order valence-electron chi connectivity index (χ1n) is 9.22. The number of ether oxygens (including phenoxy) is 1. The molecule has 1 aliphatic rings.